The fourth-order valence-corrected chi connectivity index (χ4v) is 1.80. The second-order valence-corrected chi connectivity index (χ2v) is 4.91. The van der Waals surface area contributed by atoms with E-state index in [-0.39, 0.29) is 18.0 Å². The van der Waals surface area contributed by atoms with E-state index in [1.165, 1.54) is 0 Å². The van der Waals surface area contributed by atoms with E-state index in [9.17, 15) is 0 Å². The molecule has 0 saturated carbocycles. The van der Waals surface area contributed by atoms with Crippen LogP contribution in [0.1, 0.15) is 40.0 Å². The van der Waals surface area contributed by atoms with Crippen LogP contribution < -0.4 is 15.8 Å². The molecule has 0 heterocycles. The van der Waals surface area contributed by atoms with Gasteiger partial charge >= 0.3 is 0 Å². The summed E-state index contributed by atoms with van der Waals surface area (Å²) in [5.74, 6) is 1.08. The standard InChI is InChI=1S/C15H25N3O2/c1-4-11(3)20-14-8-6-7-13(9-14)17-12(5-2)10-15(16)18-19/h6-9,11-12,17,19H,4-5,10H2,1-3H3,(H2,16,18). The molecule has 112 valence electrons. The van der Waals surface area contributed by atoms with Crippen molar-refractivity contribution in [2.24, 2.45) is 10.9 Å². The Bertz CT molecular complexity index is 435. The molecule has 1 aromatic carbocycles. The largest absolute Gasteiger partial charge is 0.491 e. The van der Waals surface area contributed by atoms with Gasteiger partial charge in [-0.3, -0.25) is 0 Å². The minimum atomic E-state index is 0.129. The van der Waals surface area contributed by atoms with E-state index in [0.29, 0.717) is 6.42 Å². The number of hydrogen-bond donors (Lipinski definition) is 3. The predicted octanol–water partition coefficient (Wildman–Crippen LogP) is 3.19. The maximum atomic E-state index is 8.63. The first-order valence-corrected chi connectivity index (χ1v) is 7.08. The minimum Gasteiger partial charge on any atom is -0.491 e. The average Bonchev–Trinajstić information content (AvgIpc) is 2.46. The van der Waals surface area contributed by atoms with Gasteiger partial charge in [-0.2, -0.15) is 0 Å². The summed E-state index contributed by atoms with van der Waals surface area (Å²) in [5, 5.41) is 15.0. The number of ether oxygens (including phenoxy) is 1. The highest BCUT2D eigenvalue weighted by Gasteiger charge is 2.09. The van der Waals surface area contributed by atoms with Crippen LogP contribution in [-0.4, -0.2) is 23.2 Å². The Labute approximate surface area is 120 Å². The number of nitrogens with one attached hydrogen (secondary N) is 1. The number of oxime groups is 1. The Kier molecular flexibility index (Phi) is 6.70. The summed E-state index contributed by atoms with van der Waals surface area (Å²) < 4.78 is 5.79. The van der Waals surface area contributed by atoms with Gasteiger partial charge in [0.2, 0.25) is 0 Å². The number of nitrogens with zero attached hydrogens (tertiary/aromatic N) is 1. The Morgan fingerprint density at radius 3 is 2.75 bits per heavy atom. The number of benzene rings is 1. The minimum absolute atomic E-state index is 0.129. The molecule has 0 saturated heterocycles. The number of hydrogen-bond acceptors (Lipinski definition) is 4. The van der Waals surface area contributed by atoms with Crippen LogP contribution in [0.4, 0.5) is 5.69 Å². The molecule has 2 atom stereocenters. The van der Waals surface area contributed by atoms with Gasteiger partial charge in [0.25, 0.3) is 0 Å². The Morgan fingerprint density at radius 2 is 2.15 bits per heavy atom. The SMILES string of the molecule is CCC(CC(N)=NO)Nc1cccc(OC(C)CC)c1. The number of rotatable bonds is 8. The van der Waals surface area contributed by atoms with Crippen LogP contribution >= 0.6 is 0 Å². The zero-order valence-electron chi connectivity index (χ0n) is 12.5. The van der Waals surface area contributed by atoms with Crippen LogP contribution in [0, 0.1) is 0 Å². The fourth-order valence-electron chi connectivity index (χ4n) is 1.80. The van der Waals surface area contributed by atoms with Gasteiger partial charge in [-0.05, 0) is 31.9 Å². The van der Waals surface area contributed by atoms with E-state index < -0.39 is 0 Å². The van der Waals surface area contributed by atoms with Gasteiger partial charge in [-0.25, -0.2) is 0 Å². The van der Waals surface area contributed by atoms with Crippen molar-refractivity contribution in [3.05, 3.63) is 24.3 Å². The van der Waals surface area contributed by atoms with E-state index in [0.717, 1.165) is 24.3 Å². The average molecular weight is 279 g/mol. The molecule has 1 aromatic rings. The molecule has 0 spiro atoms. The molecule has 0 bridgehead atoms. The van der Waals surface area contributed by atoms with E-state index in [1.807, 2.05) is 31.2 Å². The van der Waals surface area contributed by atoms with Crippen molar-refractivity contribution in [2.75, 3.05) is 5.32 Å². The normalized spacial score (nSPS) is 14.7. The highest BCUT2D eigenvalue weighted by Crippen LogP contribution is 2.20. The smallest absolute Gasteiger partial charge is 0.141 e. The molecule has 0 fully saturated rings. The molecule has 0 radical (unpaired) electrons. The quantitative estimate of drug-likeness (QED) is 0.295. The van der Waals surface area contributed by atoms with Crippen LogP contribution in [0.15, 0.2) is 29.4 Å². The molecule has 0 amide bonds. The summed E-state index contributed by atoms with van der Waals surface area (Å²) in [6.45, 7) is 6.20. The fraction of sp³-hybridized carbons (Fsp3) is 0.533. The number of nitrogens with two attached hydrogens (primary N) is 1. The predicted molar refractivity (Wildman–Crippen MR) is 82.6 cm³/mol. The molecular formula is C15H25N3O2. The Balaban J connectivity index is 2.68. The Hall–Kier alpha value is -1.91. The molecule has 0 aromatic heterocycles. The van der Waals surface area contributed by atoms with Crippen LogP contribution in [0.3, 0.4) is 0 Å². The third-order valence-corrected chi connectivity index (χ3v) is 3.19. The van der Waals surface area contributed by atoms with Crippen molar-refractivity contribution in [3.8, 4) is 5.75 Å². The first kappa shape index (κ1) is 16.1. The van der Waals surface area contributed by atoms with Crippen LogP contribution in [0.5, 0.6) is 5.75 Å². The molecule has 5 nitrogen and oxygen atoms in total. The van der Waals surface area contributed by atoms with E-state index in [1.54, 1.807) is 0 Å². The lowest BCUT2D eigenvalue weighted by atomic mass is 10.1. The lowest BCUT2D eigenvalue weighted by Crippen LogP contribution is -2.26. The van der Waals surface area contributed by atoms with Crippen molar-refractivity contribution < 1.29 is 9.94 Å². The van der Waals surface area contributed by atoms with Gasteiger partial charge < -0.3 is 21.0 Å². The van der Waals surface area contributed by atoms with E-state index >= 15 is 0 Å². The summed E-state index contributed by atoms with van der Waals surface area (Å²) in [7, 11) is 0. The maximum absolute atomic E-state index is 8.63. The van der Waals surface area contributed by atoms with Gasteiger partial charge in [-0.1, -0.05) is 25.1 Å². The van der Waals surface area contributed by atoms with Crippen LogP contribution in [0.25, 0.3) is 0 Å². The summed E-state index contributed by atoms with van der Waals surface area (Å²) >= 11 is 0. The first-order valence-electron chi connectivity index (χ1n) is 7.08. The van der Waals surface area contributed by atoms with Crippen LogP contribution in [0.2, 0.25) is 0 Å². The summed E-state index contributed by atoms with van der Waals surface area (Å²) in [5.41, 5.74) is 6.53. The summed E-state index contributed by atoms with van der Waals surface area (Å²) in [4.78, 5) is 0. The molecule has 20 heavy (non-hydrogen) atoms. The topological polar surface area (TPSA) is 79.9 Å². The van der Waals surface area contributed by atoms with Crippen molar-refractivity contribution in [1.82, 2.24) is 0 Å². The van der Waals surface area contributed by atoms with Gasteiger partial charge in [0, 0.05) is 24.2 Å². The lowest BCUT2D eigenvalue weighted by molar-refractivity contribution is 0.217. The van der Waals surface area contributed by atoms with Crippen molar-refractivity contribution in [1.29, 1.82) is 0 Å². The van der Waals surface area contributed by atoms with Gasteiger partial charge in [0.15, 0.2) is 0 Å². The third kappa shape index (κ3) is 5.38. The molecule has 4 N–H and O–H groups in total. The second kappa shape index (κ2) is 8.30. The highest BCUT2D eigenvalue weighted by atomic mass is 16.5. The lowest BCUT2D eigenvalue weighted by Gasteiger charge is -2.19. The molecule has 0 aliphatic heterocycles. The zero-order chi connectivity index (χ0) is 15.0. The van der Waals surface area contributed by atoms with Crippen molar-refractivity contribution in [3.63, 3.8) is 0 Å². The summed E-state index contributed by atoms with van der Waals surface area (Å²) in [6, 6.07) is 7.99. The highest BCUT2D eigenvalue weighted by molar-refractivity contribution is 5.80. The molecule has 2 unspecified atom stereocenters. The van der Waals surface area contributed by atoms with Crippen molar-refractivity contribution >= 4 is 11.5 Å². The molecular weight excluding hydrogens is 254 g/mol. The van der Waals surface area contributed by atoms with E-state index in [4.69, 9.17) is 15.7 Å². The van der Waals surface area contributed by atoms with Gasteiger partial charge in [0.05, 0.1) is 6.10 Å². The molecule has 0 aliphatic carbocycles. The zero-order valence-corrected chi connectivity index (χ0v) is 12.5. The first-order chi connectivity index (χ1) is 9.58. The van der Waals surface area contributed by atoms with Crippen molar-refractivity contribution in [2.45, 2.75) is 52.2 Å². The molecule has 1 rings (SSSR count). The van der Waals surface area contributed by atoms with E-state index in [2.05, 4.69) is 24.3 Å². The monoisotopic (exact) mass is 279 g/mol. The molecule has 0 aliphatic rings. The number of anilines is 1. The van der Waals surface area contributed by atoms with Gasteiger partial charge in [-0.15, -0.1) is 0 Å². The number of amidine groups is 1. The van der Waals surface area contributed by atoms with Crippen LogP contribution in [-0.2, 0) is 0 Å². The second-order valence-electron chi connectivity index (χ2n) is 4.91. The molecule has 5 heteroatoms. The third-order valence-electron chi connectivity index (χ3n) is 3.19. The summed E-state index contributed by atoms with van der Waals surface area (Å²) in [6.07, 6.45) is 2.55. The van der Waals surface area contributed by atoms with Gasteiger partial charge in [0.1, 0.15) is 11.6 Å². The maximum Gasteiger partial charge on any atom is 0.141 e. The Morgan fingerprint density at radius 1 is 1.40 bits per heavy atom.